The second-order valence-electron chi connectivity index (χ2n) is 4.72. The number of aromatic nitrogens is 2. The monoisotopic (exact) mass is 252 g/mol. The molecular weight excluding hydrogens is 228 g/mol. The maximum absolute atomic E-state index is 9.45. The van der Waals surface area contributed by atoms with Gasteiger partial charge < -0.3 is 15.3 Å². The normalized spacial score (nSPS) is 12.3. The summed E-state index contributed by atoms with van der Waals surface area (Å²) in [5, 5.41) is 12.8. The fourth-order valence-corrected chi connectivity index (χ4v) is 1.88. The van der Waals surface area contributed by atoms with E-state index in [4.69, 9.17) is 0 Å². The van der Waals surface area contributed by atoms with E-state index in [9.17, 15) is 5.11 Å². The summed E-state index contributed by atoms with van der Waals surface area (Å²) < 4.78 is 0. The number of hydrogen-bond donors (Lipinski definition) is 2. The Morgan fingerprint density at radius 3 is 2.56 bits per heavy atom. The predicted octanol–water partition coefficient (Wildman–Crippen LogP) is 1.73. The van der Waals surface area contributed by atoms with Gasteiger partial charge in [-0.25, -0.2) is 9.97 Å². The van der Waals surface area contributed by atoms with Crippen LogP contribution in [0.3, 0.4) is 0 Å². The van der Waals surface area contributed by atoms with E-state index in [-0.39, 0.29) is 6.10 Å². The fourth-order valence-electron chi connectivity index (χ4n) is 1.88. The Hall–Kier alpha value is -1.36. The summed E-state index contributed by atoms with van der Waals surface area (Å²) in [6.45, 7) is 9.25. The van der Waals surface area contributed by atoms with E-state index in [0.717, 1.165) is 36.0 Å². The van der Waals surface area contributed by atoms with Crippen LogP contribution in [0.5, 0.6) is 0 Å². The van der Waals surface area contributed by atoms with Crippen LogP contribution in [0.4, 0.5) is 11.6 Å². The molecule has 1 rings (SSSR count). The van der Waals surface area contributed by atoms with Crippen molar-refractivity contribution in [2.24, 2.45) is 0 Å². The van der Waals surface area contributed by atoms with Crippen molar-refractivity contribution in [1.29, 1.82) is 0 Å². The molecule has 2 N–H and O–H groups in total. The first-order valence-electron chi connectivity index (χ1n) is 6.44. The van der Waals surface area contributed by atoms with Crippen molar-refractivity contribution < 1.29 is 5.11 Å². The maximum Gasteiger partial charge on any atom is 0.137 e. The number of nitrogens with one attached hydrogen (secondary N) is 1. The lowest BCUT2D eigenvalue weighted by Gasteiger charge is -2.23. The predicted molar refractivity (Wildman–Crippen MR) is 75.2 cm³/mol. The molecule has 0 saturated heterocycles. The number of likely N-dealkylation sites (N-methyl/N-ethyl adjacent to an activating group) is 1. The molecule has 1 heterocycles. The molecule has 102 valence electrons. The Morgan fingerprint density at radius 2 is 2.00 bits per heavy atom. The van der Waals surface area contributed by atoms with Crippen LogP contribution in [0, 0.1) is 13.8 Å². The summed E-state index contributed by atoms with van der Waals surface area (Å²) in [4.78, 5) is 10.8. The van der Waals surface area contributed by atoms with Crippen LogP contribution in [-0.2, 0) is 0 Å². The lowest BCUT2D eigenvalue weighted by molar-refractivity contribution is 0.201. The average molecular weight is 252 g/mol. The molecular formula is C13H24N4O. The van der Waals surface area contributed by atoms with Gasteiger partial charge in [-0.15, -0.1) is 0 Å². The summed E-state index contributed by atoms with van der Waals surface area (Å²) >= 11 is 0. The van der Waals surface area contributed by atoms with Crippen LogP contribution in [-0.4, -0.2) is 41.3 Å². The van der Waals surface area contributed by atoms with E-state index in [2.05, 4.69) is 22.2 Å². The van der Waals surface area contributed by atoms with Crippen LogP contribution in [0.15, 0.2) is 0 Å². The number of anilines is 2. The number of aliphatic hydroxyl groups is 1. The number of nitrogens with zero attached hydrogens (tertiary/aromatic N) is 3. The van der Waals surface area contributed by atoms with Crippen molar-refractivity contribution in [2.75, 3.05) is 30.4 Å². The highest BCUT2D eigenvalue weighted by atomic mass is 16.3. The van der Waals surface area contributed by atoms with Crippen molar-refractivity contribution in [2.45, 2.75) is 40.2 Å². The van der Waals surface area contributed by atoms with Gasteiger partial charge in [-0.3, -0.25) is 0 Å². The second kappa shape index (κ2) is 6.54. The number of aliphatic hydroxyl groups excluding tert-OH is 1. The van der Waals surface area contributed by atoms with Gasteiger partial charge in [0.1, 0.15) is 17.5 Å². The SMILES string of the molecule is CCCNc1nc(C)nc(N(C)CC(C)O)c1C. The van der Waals surface area contributed by atoms with Crippen molar-refractivity contribution in [3.8, 4) is 0 Å². The van der Waals surface area contributed by atoms with Crippen molar-refractivity contribution >= 4 is 11.6 Å². The first kappa shape index (κ1) is 14.7. The Kier molecular flexibility index (Phi) is 5.34. The maximum atomic E-state index is 9.45. The minimum Gasteiger partial charge on any atom is -0.392 e. The second-order valence-corrected chi connectivity index (χ2v) is 4.72. The molecule has 0 aliphatic carbocycles. The molecule has 1 aromatic rings. The van der Waals surface area contributed by atoms with Crippen LogP contribution in [0.1, 0.15) is 31.7 Å². The molecule has 1 unspecified atom stereocenters. The third kappa shape index (κ3) is 3.84. The molecule has 0 amide bonds. The van der Waals surface area contributed by atoms with E-state index in [0.29, 0.717) is 6.54 Å². The number of rotatable bonds is 6. The van der Waals surface area contributed by atoms with Crippen LogP contribution < -0.4 is 10.2 Å². The van der Waals surface area contributed by atoms with E-state index < -0.39 is 0 Å². The van der Waals surface area contributed by atoms with Crippen LogP contribution in [0.2, 0.25) is 0 Å². The van der Waals surface area contributed by atoms with Gasteiger partial charge in [0.05, 0.1) is 6.10 Å². The molecule has 0 aliphatic rings. The van der Waals surface area contributed by atoms with Gasteiger partial charge in [-0.1, -0.05) is 6.92 Å². The zero-order valence-corrected chi connectivity index (χ0v) is 12.0. The van der Waals surface area contributed by atoms with E-state index >= 15 is 0 Å². The highest BCUT2D eigenvalue weighted by molar-refractivity contribution is 5.58. The molecule has 1 aromatic heterocycles. The van der Waals surface area contributed by atoms with Crippen molar-refractivity contribution in [3.05, 3.63) is 11.4 Å². The van der Waals surface area contributed by atoms with E-state index in [1.807, 2.05) is 25.8 Å². The molecule has 1 atom stereocenters. The summed E-state index contributed by atoms with van der Waals surface area (Å²) in [7, 11) is 1.94. The zero-order chi connectivity index (χ0) is 13.7. The van der Waals surface area contributed by atoms with Gasteiger partial charge in [0.15, 0.2) is 0 Å². The average Bonchev–Trinajstić information content (AvgIpc) is 2.28. The first-order valence-corrected chi connectivity index (χ1v) is 6.44. The molecule has 0 radical (unpaired) electrons. The van der Waals surface area contributed by atoms with Gasteiger partial charge in [0.25, 0.3) is 0 Å². The third-order valence-corrected chi connectivity index (χ3v) is 2.67. The lowest BCUT2D eigenvalue weighted by atomic mass is 10.2. The minimum atomic E-state index is -0.378. The van der Waals surface area contributed by atoms with Gasteiger partial charge in [0.2, 0.25) is 0 Å². The molecule has 0 bridgehead atoms. The molecule has 5 heteroatoms. The van der Waals surface area contributed by atoms with E-state index in [1.165, 1.54) is 0 Å². The van der Waals surface area contributed by atoms with Gasteiger partial charge in [0, 0.05) is 25.7 Å². The number of hydrogen-bond acceptors (Lipinski definition) is 5. The smallest absolute Gasteiger partial charge is 0.137 e. The molecule has 0 aliphatic heterocycles. The Balaban J connectivity index is 3.00. The van der Waals surface area contributed by atoms with E-state index in [1.54, 1.807) is 6.92 Å². The highest BCUT2D eigenvalue weighted by Crippen LogP contribution is 2.22. The largest absolute Gasteiger partial charge is 0.392 e. The summed E-state index contributed by atoms with van der Waals surface area (Å²) in [6.07, 6.45) is 0.679. The van der Waals surface area contributed by atoms with Gasteiger partial charge in [-0.05, 0) is 27.2 Å². The first-order chi connectivity index (χ1) is 8.45. The molecule has 0 aromatic carbocycles. The number of aryl methyl sites for hydroxylation is 1. The van der Waals surface area contributed by atoms with Crippen LogP contribution >= 0.6 is 0 Å². The fraction of sp³-hybridized carbons (Fsp3) is 0.692. The zero-order valence-electron chi connectivity index (χ0n) is 12.0. The summed E-state index contributed by atoms with van der Waals surface area (Å²) in [5.41, 5.74) is 1.03. The quantitative estimate of drug-likeness (QED) is 0.807. The van der Waals surface area contributed by atoms with Gasteiger partial charge in [-0.2, -0.15) is 0 Å². The molecule has 0 saturated carbocycles. The standard InChI is InChI=1S/C13H24N4O/c1-6-7-14-12-10(3)13(16-11(4)15-12)17(5)8-9(2)18/h9,18H,6-8H2,1-5H3,(H,14,15,16). The summed E-state index contributed by atoms with van der Waals surface area (Å²) in [5.74, 6) is 2.51. The van der Waals surface area contributed by atoms with Crippen molar-refractivity contribution in [3.63, 3.8) is 0 Å². The van der Waals surface area contributed by atoms with Crippen molar-refractivity contribution in [1.82, 2.24) is 9.97 Å². The summed E-state index contributed by atoms with van der Waals surface area (Å²) in [6, 6.07) is 0. The molecule has 5 nitrogen and oxygen atoms in total. The third-order valence-electron chi connectivity index (χ3n) is 2.67. The minimum absolute atomic E-state index is 0.378. The lowest BCUT2D eigenvalue weighted by Crippen LogP contribution is -2.29. The Morgan fingerprint density at radius 1 is 1.33 bits per heavy atom. The molecule has 0 spiro atoms. The van der Waals surface area contributed by atoms with Gasteiger partial charge >= 0.3 is 0 Å². The molecule has 18 heavy (non-hydrogen) atoms. The Bertz CT molecular complexity index is 393. The Labute approximate surface area is 109 Å². The van der Waals surface area contributed by atoms with Crippen LogP contribution in [0.25, 0.3) is 0 Å². The molecule has 0 fully saturated rings. The topological polar surface area (TPSA) is 61.3 Å². The highest BCUT2D eigenvalue weighted by Gasteiger charge is 2.13.